The van der Waals surface area contributed by atoms with Crippen molar-refractivity contribution in [3.05, 3.63) is 137 Å². The van der Waals surface area contributed by atoms with Gasteiger partial charge in [-0.3, -0.25) is 14.4 Å². The topological polar surface area (TPSA) is 97.5 Å². The van der Waals surface area contributed by atoms with Crippen LogP contribution in [0.5, 0.6) is 0 Å². The second-order valence-electron chi connectivity index (χ2n) is 37.5. The van der Waals surface area contributed by atoms with E-state index >= 15 is 14.4 Å². The predicted molar refractivity (Wildman–Crippen MR) is 541 cm³/mol. The molecule has 0 bridgehead atoms. The zero-order valence-electron chi connectivity index (χ0n) is 77.4. The monoisotopic (exact) mass is 1790 g/mol. The number of benzene rings is 2. The number of rotatable bonds is 63. The molecule has 5 atom stereocenters. The van der Waals surface area contributed by atoms with Crippen LogP contribution in [0.3, 0.4) is 0 Å². The van der Waals surface area contributed by atoms with Crippen molar-refractivity contribution in [3.8, 4) is 19.5 Å². The van der Waals surface area contributed by atoms with Crippen molar-refractivity contribution < 1.29 is 23.9 Å². The van der Waals surface area contributed by atoms with E-state index in [1.807, 2.05) is 22.7 Å². The first-order valence-electron chi connectivity index (χ1n) is 50.4. The van der Waals surface area contributed by atoms with E-state index in [4.69, 9.17) is 4.42 Å². The molecule has 0 fully saturated rings. The molecule has 7 aromatic heterocycles. The molecule has 0 aliphatic carbocycles. The normalized spacial score (nSPS) is 16.2. The highest BCUT2D eigenvalue weighted by Gasteiger charge is 2.52. The molecule has 4 aliphatic rings. The Labute approximate surface area is 771 Å². The van der Waals surface area contributed by atoms with Crippen molar-refractivity contribution >= 4 is 151 Å². The fraction of sp³-hybridized carbons (Fsp3) is 0.606. The van der Waals surface area contributed by atoms with Gasteiger partial charge in [-0.1, -0.05) is 331 Å². The van der Waals surface area contributed by atoms with Gasteiger partial charge in [-0.2, -0.15) is 0 Å². The number of nitrogens with zero attached hydrogens (tertiary/aromatic N) is 4. The van der Waals surface area contributed by atoms with Gasteiger partial charge in [0.2, 0.25) is 0 Å². The molecule has 13 rings (SSSR count). The molecule has 674 valence electrons. The maximum atomic E-state index is 16.1. The Morgan fingerprint density at radius 2 is 0.605 bits per heavy atom. The van der Waals surface area contributed by atoms with Crippen LogP contribution < -0.4 is 0 Å². The SMILES string of the molecule is CCCCCCCCC(CCCCCC)CN1C(=O)C2=C(c3ccc(-c4cc5cc6oc7cc8cc(-c9ccc(C%10=C%11C(=C(c%12cccs%12)N(CC(CCCCCC)CCCCCCCC)C%11O)C(=O)N%10CC(CCCCCCC)CCCCCCCC)s9)sc8cc7c6cc5s4)s3)N(CC(CCCCCC)CCCCCCCC)C(=O)C2=C1c1cccs1. The van der Waals surface area contributed by atoms with Crippen molar-refractivity contribution in [3.63, 3.8) is 0 Å². The van der Waals surface area contributed by atoms with Gasteiger partial charge in [-0.05, 0) is 169 Å². The highest BCUT2D eigenvalue weighted by Crippen LogP contribution is 2.55. The molecule has 9 nitrogen and oxygen atoms in total. The van der Waals surface area contributed by atoms with Gasteiger partial charge in [-0.25, -0.2) is 0 Å². The van der Waals surface area contributed by atoms with Gasteiger partial charge in [0.1, 0.15) is 11.2 Å². The zero-order valence-corrected chi connectivity index (χ0v) is 82.3. The number of furan rings is 1. The predicted octanol–water partition coefficient (Wildman–Crippen LogP) is 34.7. The van der Waals surface area contributed by atoms with Crippen LogP contribution in [0.4, 0.5) is 0 Å². The van der Waals surface area contributed by atoms with Crippen LogP contribution in [-0.2, 0) is 14.4 Å². The number of amides is 3. The number of unbranched alkanes of at least 4 members (excludes halogenated alkanes) is 33. The summed E-state index contributed by atoms with van der Waals surface area (Å²) in [5.74, 6) is 1.58. The molecular formula is C109H152N4O5S6. The van der Waals surface area contributed by atoms with Crippen LogP contribution in [0.2, 0.25) is 0 Å². The first-order chi connectivity index (χ1) is 60.9. The minimum Gasteiger partial charge on any atom is -0.456 e. The fourth-order valence-corrected chi connectivity index (χ4v) is 26.7. The summed E-state index contributed by atoms with van der Waals surface area (Å²) < 4.78 is 9.34. The van der Waals surface area contributed by atoms with E-state index in [0.717, 1.165) is 160 Å². The smallest absolute Gasteiger partial charge is 0.261 e. The third kappa shape index (κ3) is 24.4. The summed E-state index contributed by atoms with van der Waals surface area (Å²) in [5.41, 5.74) is 8.10. The number of hydrogen-bond acceptors (Lipinski definition) is 12. The van der Waals surface area contributed by atoms with Crippen LogP contribution in [-0.4, -0.2) is 74.8 Å². The minimum atomic E-state index is -0.932. The van der Waals surface area contributed by atoms with Crippen LogP contribution in [0.1, 0.15) is 390 Å². The van der Waals surface area contributed by atoms with E-state index in [-0.39, 0.29) is 17.7 Å². The van der Waals surface area contributed by atoms with Crippen LogP contribution in [0.25, 0.3) is 84.4 Å². The number of thiophene rings is 6. The average molecular weight is 1790 g/mol. The first-order valence-corrected chi connectivity index (χ1v) is 55.4. The molecule has 9 aromatic rings. The van der Waals surface area contributed by atoms with Crippen LogP contribution in [0, 0.1) is 23.7 Å². The van der Waals surface area contributed by atoms with Crippen LogP contribution >= 0.6 is 68.0 Å². The lowest BCUT2D eigenvalue weighted by atomic mass is 9.93. The summed E-state index contributed by atoms with van der Waals surface area (Å²) in [5, 5.41) is 22.2. The lowest BCUT2D eigenvalue weighted by Gasteiger charge is -2.33. The van der Waals surface area contributed by atoms with Gasteiger partial charge in [-0.15, -0.1) is 68.0 Å². The van der Waals surface area contributed by atoms with E-state index < -0.39 is 6.23 Å². The van der Waals surface area contributed by atoms with Crippen molar-refractivity contribution in [1.29, 1.82) is 0 Å². The van der Waals surface area contributed by atoms with Gasteiger partial charge < -0.3 is 29.1 Å². The summed E-state index contributed by atoms with van der Waals surface area (Å²) in [6.07, 6.45) is 58.8. The van der Waals surface area contributed by atoms with Crippen molar-refractivity contribution in [2.45, 2.75) is 376 Å². The third-order valence-corrected chi connectivity index (χ3v) is 34.2. The van der Waals surface area contributed by atoms with Gasteiger partial charge in [0.25, 0.3) is 17.7 Å². The summed E-state index contributed by atoms with van der Waals surface area (Å²) >= 11 is 10.5. The maximum Gasteiger partial charge on any atom is 0.261 e. The fourth-order valence-electron chi connectivity index (χ4n) is 20.6. The summed E-state index contributed by atoms with van der Waals surface area (Å²) in [6.45, 7) is 21.1. The molecule has 11 heterocycles. The standard InChI is InChI=1S/C109H152N4O5S6/c1-9-17-25-33-38-46-56-78(52-42-30-22-14-6)74-110-102(90-60-50-66-119-90)98-100(108(110)116)104(112(106(98)114)76-80(54-44-32-24-16-8)58-48-40-35-27-19-11-3)92-64-62-88(121-92)96-70-82-68-86-84(72-94(82)123-96)85-73-95-83(69-87(85)118-86)71-97(124-95)89-63-65-93(122-89)105-101-99(107(115)113(105)77-81(55-45-37-29-21-13-5)59-49-41-36-28-20-12-4)103(91-61-51-67-120-91)111(109(101)117)75-79(53-43-31-23-15-7)57-47-39-34-26-18-10-2/h50-51,60-73,78-81,109,117H,9-49,52-59,74-77H2,1-8H3. The lowest BCUT2D eigenvalue weighted by molar-refractivity contribution is -0.124. The second-order valence-corrected chi connectivity index (χ2v) is 43.8. The molecule has 124 heavy (non-hydrogen) atoms. The Morgan fingerprint density at radius 1 is 0.306 bits per heavy atom. The minimum absolute atomic E-state index is 0.00962. The molecule has 5 unspecified atom stereocenters. The molecule has 3 amide bonds. The molecule has 15 heteroatoms. The number of hydrogen-bond donors (Lipinski definition) is 1. The van der Waals surface area contributed by atoms with Gasteiger partial charge >= 0.3 is 0 Å². The Balaban J connectivity index is 0.824. The second kappa shape index (κ2) is 49.8. The lowest BCUT2D eigenvalue weighted by Crippen LogP contribution is -2.36. The molecule has 0 saturated heterocycles. The van der Waals surface area contributed by atoms with Crippen LogP contribution in [0.15, 0.2) is 122 Å². The molecule has 2 aromatic carbocycles. The highest BCUT2D eigenvalue weighted by molar-refractivity contribution is 7.27. The molecule has 0 spiro atoms. The van der Waals surface area contributed by atoms with Crippen molar-refractivity contribution in [2.75, 3.05) is 26.2 Å². The Morgan fingerprint density at radius 3 is 0.960 bits per heavy atom. The third-order valence-electron chi connectivity index (χ3n) is 27.7. The maximum absolute atomic E-state index is 16.1. The Bertz CT molecular complexity index is 4930. The number of carbonyl (C=O) groups is 3. The summed E-state index contributed by atoms with van der Waals surface area (Å²) in [7, 11) is 0. The molecule has 4 aliphatic heterocycles. The van der Waals surface area contributed by atoms with E-state index in [1.54, 1.807) is 45.3 Å². The van der Waals surface area contributed by atoms with Gasteiger partial charge in [0.05, 0.1) is 59.0 Å². The number of carbonyl (C=O) groups excluding carboxylic acids is 3. The quantitative estimate of drug-likeness (QED) is 0.0382. The number of aliphatic hydroxyl groups is 1. The van der Waals surface area contributed by atoms with E-state index in [2.05, 4.69) is 171 Å². The van der Waals surface area contributed by atoms with E-state index in [9.17, 15) is 5.11 Å². The van der Waals surface area contributed by atoms with Crippen molar-refractivity contribution in [1.82, 2.24) is 19.6 Å². The van der Waals surface area contributed by atoms with E-state index in [1.165, 1.54) is 276 Å². The Hall–Kier alpha value is -5.91. The van der Waals surface area contributed by atoms with E-state index in [0.29, 0.717) is 54.5 Å². The summed E-state index contributed by atoms with van der Waals surface area (Å²) in [4.78, 5) is 65.7. The number of aliphatic hydroxyl groups excluding tert-OH is 1. The molecule has 0 saturated carbocycles. The average Bonchev–Trinajstić information content (AvgIpc) is 1.55. The first kappa shape index (κ1) is 95.7. The molecule has 0 radical (unpaired) electrons. The Kier molecular flexibility index (Phi) is 38.4. The highest BCUT2D eigenvalue weighted by atomic mass is 32.1. The van der Waals surface area contributed by atoms with Gasteiger partial charge in [0.15, 0.2) is 6.23 Å². The van der Waals surface area contributed by atoms with Crippen molar-refractivity contribution in [2.24, 2.45) is 23.7 Å². The van der Waals surface area contributed by atoms with Gasteiger partial charge in [0, 0.05) is 71.4 Å². The number of fused-ring (bicyclic) bond motifs is 7. The zero-order chi connectivity index (χ0) is 86.5. The molecular weight excluding hydrogens is 1640 g/mol. The largest absolute Gasteiger partial charge is 0.456 e. The summed E-state index contributed by atoms with van der Waals surface area (Å²) in [6, 6.07) is 31.4. The molecule has 1 N–H and O–H groups in total.